The molecule has 0 aliphatic carbocycles. The molecule has 0 saturated carbocycles. The summed E-state index contributed by atoms with van der Waals surface area (Å²) in [4.78, 5) is 8.24. The minimum atomic E-state index is -0.00444. The van der Waals surface area contributed by atoms with Crippen molar-refractivity contribution in [2.75, 3.05) is 11.9 Å². The van der Waals surface area contributed by atoms with E-state index in [4.69, 9.17) is 9.15 Å². The van der Waals surface area contributed by atoms with Crippen molar-refractivity contribution in [1.82, 2.24) is 25.0 Å². The first-order chi connectivity index (χ1) is 10.9. The molecule has 0 saturated heterocycles. The summed E-state index contributed by atoms with van der Waals surface area (Å²) in [7, 11) is 0. The van der Waals surface area contributed by atoms with Gasteiger partial charge in [-0.1, -0.05) is 5.21 Å². The van der Waals surface area contributed by atoms with Gasteiger partial charge in [0.2, 0.25) is 5.95 Å². The number of hydrogen-bond donors (Lipinski definition) is 1. The summed E-state index contributed by atoms with van der Waals surface area (Å²) < 4.78 is 12.8. The number of rotatable bonds is 4. The molecule has 8 heteroatoms. The number of nitrogens with zero attached hydrogens (tertiary/aromatic N) is 5. The third-order valence-electron chi connectivity index (χ3n) is 3.52. The molecule has 1 N–H and O–H groups in total. The van der Waals surface area contributed by atoms with Gasteiger partial charge in [-0.3, -0.25) is 0 Å². The molecule has 0 spiro atoms. The molecule has 4 rings (SSSR count). The van der Waals surface area contributed by atoms with Gasteiger partial charge in [0.05, 0.1) is 37.5 Å². The Labute approximate surface area is 126 Å². The van der Waals surface area contributed by atoms with Gasteiger partial charge in [-0.15, -0.1) is 5.10 Å². The fraction of sp³-hybridized carbons (Fsp3) is 0.286. The summed E-state index contributed by atoms with van der Waals surface area (Å²) in [5.41, 5.74) is 2.69. The van der Waals surface area contributed by atoms with Gasteiger partial charge in [-0.25, -0.2) is 14.6 Å². The summed E-state index contributed by atoms with van der Waals surface area (Å²) in [5, 5.41) is 11.6. The van der Waals surface area contributed by atoms with E-state index in [1.807, 2.05) is 10.7 Å². The first kappa shape index (κ1) is 13.0. The highest BCUT2D eigenvalue weighted by molar-refractivity contribution is 5.59. The Balaban J connectivity index is 1.44. The summed E-state index contributed by atoms with van der Waals surface area (Å²) in [5.74, 6) is 0.592. The second-order valence-electron chi connectivity index (χ2n) is 4.97. The number of furan rings is 1. The summed E-state index contributed by atoms with van der Waals surface area (Å²) in [6.07, 6.45) is 6.67. The summed E-state index contributed by atoms with van der Waals surface area (Å²) >= 11 is 0. The quantitative estimate of drug-likeness (QED) is 0.777. The zero-order valence-electron chi connectivity index (χ0n) is 11.7. The monoisotopic (exact) mass is 298 g/mol. The number of aromatic nitrogens is 5. The van der Waals surface area contributed by atoms with Crippen molar-refractivity contribution < 1.29 is 9.15 Å². The van der Waals surface area contributed by atoms with Crippen LogP contribution >= 0.6 is 0 Å². The van der Waals surface area contributed by atoms with Crippen LogP contribution in [0.4, 0.5) is 5.95 Å². The van der Waals surface area contributed by atoms with Crippen molar-refractivity contribution in [1.29, 1.82) is 0 Å². The SMILES string of the molecule is c1cnc(NCC2Cn3nnc(-c4ccoc4)c3CO2)nc1. The molecule has 0 radical (unpaired) electrons. The zero-order valence-corrected chi connectivity index (χ0v) is 11.7. The maximum atomic E-state index is 5.87. The van der Waals surface area contributed by atoms with Crippen LogP contribution < -0.4 is 5.32 Å². The smallest absolute Gasteiger partial charge is 0.222 e. The van der Waals surface area contributed by atoms with Crippen LogP contribution in [-0.2, 0) is 17.9 Å². The van der Waals surface area contributed by atoms with Crippen molar-refractivity contribution >= 4 is 5.95 Å². The van der Waals surface area contributed by atoms with Crippen molar-refractivity contribution in [3.8, 4) is 11.3 Å². The molecule has 0 fully saturated rings. The van der Waals surface area contributed by atoms with E-state index >= 15 is 0 Å². The molecule has 3 aromatic heterocycles. The van der Waals surface area contributed by atoms with E-state index < -0.39 is 0 Å². The number of anilines is 1. The van der Waals surface area contributed by atoms with Crippen LogP contribution in [0.15, 0.2) is 41.5 Å². The molecule has 4 heterocycles. The standard InChI is InChI=1S/C14H14N6O2/c1-3-15-14(16-4-1)17-6-11-7-20-12(9-22-11)13(18-19-20)10-2-5-21-8-10/h1-5,8,11H,6-7,9H2,(H,15,16,17). The normalized spacial score (nSPS) is 17.2. The average Bonchev–Trinajstić information content (AvgIpc) is 3.22. The highest BCUT2D eigenvalue weighted by Crippen LogP contribution is 2.25. The third kappa shape index (κ3) is 2.44. The van der Waals surface area contributed by atoms with E-state index in [0.717, 1.165) is 17.0 Å². The average molecular weight is 298 g/mol. The topological polar surface area (TPSA) is 90.9 Å². The van der Waals surface area contributed by atoms with Crippen molar-refractivity contribution in [2.24, 2.45) is 0 Å². The Bertz CT molecular complexity index is 740. The highest BCUT2D eigenvalue weighted by atomic mass is 16.5. The summed E-state index contributed by atoms with van der Waals surface area (Å²) in [6.45, 7) is 1.72. The predicted molar refractivity (Wildman–Crippen MR) is 76.8 cm³/mol. The Hall–Kier alpha value is -2.74. The zero-order chi connectivity index (χ0) is 14.8. The van der Waals surface area contributed by atoms with Crippen LogP contribution in [0.3, 0.4) is 0 Å². The Morgan fingerprint density at radius 2 is 2.23 bits per heavy atom. The molecule has 3 aromatic rings. The van der Waals surface area contributed by atoms with Crippen LogP contribution in [0.5, 0.6) is 0 Å². The van der Waals surface area contributed by atoms with Crippen LogP contribution in [0.1, 0.15) is 5.69 Å². The van der Waals surface area contributed by atoms with E-state index in [0.29, 0.717) is 25.6 Å². The minimum absolute atomic E-state index is 0.00444. The lowest BCUT2D eigenvalue weighted by Gasteiger charge is -2.24. The molecule has 0 amide bonds. The second-order valence-corrected chi connectivity index (χ2v) is 4.97. The molecule has 112 valence electrons. The first-order valence-electron chi connectivity index (χ1n) is 6.97. The third-order valence-corrected chi connectivity index (χ3v) is 3.52. The van der Waals surface area contributed by atoms with Crippen molar-refractivity contribution in [3.63, 3.8) is 0 Å². The molecule has 22 heavy (non-hydrogen) atoms. The first-order valence-corrected chi connectivity index (χ1v) is 6.97. The predicted octanol–water partition coefficient (Wildman–Crippen LogP) is 1.34. The van der Waals surface area contributed by atoms with Gasteiger partial charge in [0, 0.05) is 24.5 Å². The van der Waals surface area contributed by atoms with Crippen molar-refractivity contribution in [3.05, 3.63) is 42.7 Å². The number of ether oxygens (including phenoxy) is 1. The van der Waals surface area contributed by atoms with Gasteiger partial charge in [0.15, 0.2) is 0 Å². The molecular formula is C14H14N6O2. The van der Waals surface area contributed by atoms with Gasteiger partial charge < -0.3 is 14.5 Å². The van der Waals surface area contributed by atoms with Gasteiger partial charge >= 0.3 is 0 Å². The van der Waals surface area contributed by atoms with Gasteiger partial charge in [0.1, 0.15) is 5.69 Å². The molecule has 1 aliphatic rings. The number of fused-ring (bicyclic) bond motifs is 1. The van der Waals surface area contributed by atoms with Gasteiger partial charge in [-0.05, 0) is 12.1 Å². The summed E-state index contributed by atoms with van der Waals surface area (Å²) in [6, 6.07) is 3.65. The largest absolute Gasteiger partial charge is 0.472 e. The Morgan fingerprint density at radius 1 is 1.32 bits per heavy atom. The van der Waals surface area contributed by atoms with E-state index in [1.165, 1.54) is 0 Å². The fourth-order valence-corrected chi connectivity index (χ4v) is 2.41. The Morgan fingerprint density at radius 3 is 3.05 bits per heavy atom. The van der Waals surface area contributed by atoms with Crippen LogP contribution in [0.25, 0.3) is 11.3 Å². The maximum absolute atomic E-state index is 5.87. The Kier molecular flexibility index (Phi) is 3.28. The van der Waals surface area contributed by atoms with E-state index in [1.54, 1.807) is 31.0 Å². The molecule has 1 aliphatic heterocycles. The lowest BCUT2D eigenvalue weighted by molar-refractivity contribution is 0.00879. The number of hydrogen-bond acceptors (Lipinski definition) is 7. The maximum Gasteiger partial charge on any atom is 0.222 e. The van der Waals surface area contributed by atoms with E-state index in [9.17, 15) is 0 Å². The molecular weight excluding hydrogens is 284 g/mol. The van der Waals surface area contributed by atoms with E-state index in [2.05, 4.69) is 25.6 Å². The van der Waals surface area contributed by atoms with Crippen molar-refractivity contribution in [2.45, 2.75) is 19.3 Å². The van der Waals surface area contributed by atoms with Crippen LogP contribution in [-0.4, -0.2) is 37.6 Å². The van der Waals surface area contributed by atoms with Crippen LogP contribution in [0.2, 0.25) is 0 Å². The lowest BCUT2D eigenvalue weighted by atomic mass is 10.2. The molecule has 1 atom stereocenters. The van der Waals surface area contributed by atoms with Crippen LogP contribution in [0, 0.1) is 0 Å². The molecule has 8 nitrogen and oxygen atoms in total. The van der Waals surface area contributed by atoms with Gasteiger partial charge in [0.25, 0.3) is 0 Å². The number of nitrogens with one attached hydrogen (secondary N) is 1. The van der Waals surface area contributed by atoms with E-state index in [-0.39, 0.29) is 6.10 Å². The second kappa shape index (κ2) is 5.57. The highest BCUT2D eigenvalue weighted by Gasteiger charge is 2.24. The molecule has 0 bridgehead atoms. The molecule has 1 unspecified atom stereocenters. The molecule has 0 aromatic carbocycles. The van der Waals surface area contributed by atoms with Gasteiger partial charge in [-0.2, -0.15) is 0 Å². The lowest BCUT2D eigenvalue weighted by Crippen LogP contribution is -2.33. The fourth-order valence-electron chi connectivity index (χ4n) is 2.41. The minimum Gasteiger partial charge on any atom is -0.472 e.